The zero-order valence-electron chi connectivity index (χ0n) is 11.9. The molecule has 0 radical (unpaired) electrons. The highest BCUT2D eigenvalue weighted by molar-refractivity contribution is 5.82. The van der Waals surface area contributed by atoms with E-state index in [1.165, 1.54) is 0 Å². The Hall–Kier alpha value is -1.51. The van der Waals surface area contributed by atoms with Gasteiger partial charge in [-0.15, -0.1) is 0 Å². The Bertz CT molecular complexity index is 422. The first-order valence-electron chi connectivity index (χ1n) is 6.32. The Morgan fingerprint density at radius 1 is 1.28 bits per heavy atom. The minimum atomic E-state index is -0.657. The van der Waals surface area contributed by atoms with Crippen LogP contribution < -0.4 is 4.74 Å². The van der Waals surface area contributed by atoms with Crippen molar-refractivity contribution >= 4 is 5.97 Å². The number of aryl methyl sites for hydroxylation is 1. The van der Waals surface area contributed by atoms with Gasteiger partial charge in [-0.3, -0.25) is 4.79 Å². The van der Waals surface area contributed by atoms with Gasteiger partial charge in [-0.25, -0.2) is 0 Å². The fraction of sp³-hybridized carbons (Fsp3) is 0.533. The van der Waals surface area contributed by atoms with Crippen molar-refractivity contribution in [2.24, 2.45) is 0 Å². The molecule has 0 N–H and O–H groups in total. The average molecular weight is 250 g/mol. The van der Waals surface area contributed by atoms with Crippen LogP contribution in [0.1, 0.15) is 38.8 Å². The molecule has 0 fully saturated rings. The highest BCUT2D eigenvalue weighted by Crippen LogP contribution is 2.30. The SMILES string of the molecule is CCOC(=O)C(C)(C)c1ccc(CC)c(OC)c1. The zero-order valence-corrected chi connectivity index (χ0v) is 11.9. The van der Waals surface area contributed by atoms with Gasteiger partial charge in [0.2, 0.25) is 0 Å². The molecule has 0 heterocycles. The Morgan fingerprint density at radius 2 is 1.94 bits per heavy atom. The number of hydrogen-bond donors (Lipinski definition) is 0. The van der Waals surface area contributed by atoms with E-state index in [4.69, 9.17) is 9.47 Å². The first-order valence-corrected chi connectivity index (χ1v) is 6.32. The van der Waals surface area contributed by atoms with Gasteiger partial charge in [-0.1, -0.05) is 19.1 Å². The molecule has 0 spiro atoms. The summed E-state index contributed by atoms with van der Waals surface area (Å²) in [6, 6.07) is 5.91. The van der Waals surface area contributed by atoms with E-state index in [0.717, 1.165) is 23.3 Å². The Balaban J connectivity index is 3.12. The summed E-state index contributed by atoms with van der Waals surface area (Å²) in [5.74, 6) is 0.615. The summed E-state index contributed by atoms with van der Waals surface area (Å²) in [5.41, 5.74) is 1.39. The molecule has 0 saturated carbocycles. The molecule has 3 nitrogen and oxygen atoms in total. The molecule has 0 amide bonds. The van der Waals surface area contributed by atoms with Crippen LogP contribution in [0.2, 0.25) is 0 Å². The van der Waals surface area contributed by atoms with E-state index in [0.29, 0.717) is 6.61 Å². The van der Waals surface area contributed by atoms with Gasteiger partial charge in [0.15, 0.2) is 0 Å². The molecule has 0 aliphatic rings. The molecule has 0 bridgehead atoms. The third-order valence-corrected chi connectivity index (χ3v) is 3.18. The molecule has 18 heavy (non-hydrogen) atoms. The maximum Gasteiger partial charge on any atom is 0.315 e. The topological polar surface area (TPSA) is 35.5 Å². The summed E-state index contributed by atoms with van der Waals surface area (Å²) in [7, 11) is 1.65. The van der Waals surface area contributed by atoms with Crippen molar-refractivity contribution in [3.05, 3.63) is 29.3 Å². The van der Waals surface area contributed by atoms with Gasteiger partial charge in [0.25, 0.3) is 0 Å². The van der Waals surface area contributed by atoms with E-state index in [2.05, 4.69) is 6.92 Å². The predicted octanol–water partition coefficient (Wildman–Crippen LogP) is 3.10. The van der Waals surface area contributed by atoms with Gasteiger partial charge in [-0.05, 0) is 44.4 Å². The van der Waals surface area contributed by atoms with Crippen LogP contribution in [-0.4, -0.2) is 19.7 Å². The molecule has 100 valence electrons. The van der Waals surface area contributed by atoms with Crippen molar-refractivity contribution in [2.45, 2.75) is 39.5 Å². The van der Waals surface area contributed by atoms with E-state index >= 15 is 0 Å². The molecule has 3 heteroatoms. The monoisotopic (exact) mass is 250 g/mol. The third kappa shape index (κ3) is 2.84. The van der Waals surface area contributed by atoms with E-state index in [9.17, 15) is 4.79 Å². The summed E-state index contributed by atoms with van der Waals surface area (Å²) in [6.07, 6.45) is 0.906. The van der Waals surface area contributed by atoms with Crippen LogP contribution in [-0.2, 0) is 21.4 Å². The zero-order chi connectivity index (χ0) is 13.8. The van der Waals surface area contributed by atoms with Crippen LogP contribution in [0.25, 0.3) is 0 Å². The lowest BCUT2D eigenvalue weighted by molar-refractivity contribution is -0.148. The largest absolute Gasteiger partial charge is 0.496 e. The summed E-state index contributed by atoms with van der Waals surface area (Å²) in [5, 5.41) is 0. The van der Waals surface area contributed by atoms with Crippen molar-refractivity contribution in [3.8, 4) is 5.75 Å². The number of carbonyl (C=O) groups is 1. The van der Waals surface area contributed by atoms with Crippen LogP contribution in [0.5, 0.6) is 5.75 Å². The number of ether oxygens (including phenoxy) is 2. The molecule has 0 saturated heterocycles. The van der Waals surface area contributed by atoms with Gasteiger partial charge in [-0.2, -0.15) is 0 Å². The minimum absolute atomic E-state index is 0.212. The molecular formula is C15H22O3. The molecule has 0 aliphatic heterocycles. The molecule has 0 aliphatic carbocycles. The van der Waals surface area contributed by atoms with Gasteiger partial charge in [0, 0.05) is 0 Å². The van der Waals surface area contributed by atoms with Crippen molar-refractivity contribution < 1.29 is 14.3 Å². The highest BCUT2D eigenvalue weighted by atomic mass is 16.5. The van der Waals surface area contributed by atoms with E-state index in [1.54, 1.807) is 7.11 Å². The number of methoxy groups -OCH3 is 1. The quantitative estimate of drug-likeness (QED) is 0.753. The minimum Gasteiger partial charge on any atom is -0.496 e. The molecule has 0 atom stereocenters. The first kappa shape index (κ1) is 14.6. The molecule has 1 rings (SSSR count). The van der Waals surface area contributed by atoms with Crippen molar-refractivity contribution in [1.29, 1.82) is 0 Å². The fourth-order valence-electron chi connectivity index (χ4n) is 1.85. The summed E-state index contributed by atoms with van der Waals surface area (Å²) in [4.78, 5) is 12.0. The van der Waals surface area contributed by atoms with Crippen LogP contribution in [0, 0.1) is 0 Å². The maximum atomic E-state index is 12.0. The number of esters is 1. The Morgan fingerprint density at radius 3 is 2.44 bits per heavy atom. The second kappa shape index (κ2) is 5.89. The lowest BCUT2D eigenvalue weighted by Crippen LogP contribution is -2.31. The standard InChI is InChI=1S/C15H22O3/c1-6-11-8-9-12(10-13(11)17-5)15(3,4)14(16)18-7-2/h8-10H,6-7H2,1-5H3. The van der Waals surface area contributed by atoms with Crippen LogP contribution >= 0.6 is 0 Å². The van der Waals surface area contributed by atoms with Crippen molar-refractivity contribution in [2.75, 3.05) is 13.7 Å². The molecule has 0 aromatic heterocycles. The van der Waals surface area contributed by atoms with Crippen LogP contribution in [0.15, 0.2) is 18.2 Å². The maximum absolute atomic E-state index is 12.0. The van der Waals surface area contributed by atoms with Gasteiger partial charge in [0.05, 0.1) is 19.1 Å². The average Bonchev–Trinajstić information content (AvgIpc) is 2.38. The van der Waals surface area contributed by atoms with Gasteiger partial charge >= 0.3 is 5.97 Å². The third-order valence-electron chi connectivity index (χ3n) is 3.18. The van der Waals surface area contributed by atoms with E-state index < -0.39 is 5.41 Å². The van der Waals surface area contributed by atoms with Crippen LogP contribution in [0.3, 0.4) is 0 Å². The van der Waals surface area contributed by atoms with Crippen molar-refractivity contribution in [3.63, 3.8) is 0 Å². The number of hydrogen-bond acceptors (Lipinski definition) is 3. The number of benzene rings is 1. The smallest absolute Gasteiger partial charge is 0.315 e. The van der Waals surface area contributed by atoms with Gasteiger partial charge in [0.1, 0.15) is 5.75 Å². The second-order valence-corrected chi connectivity index (χ2v) is 4.73. The van der Waals surface area contributed by atoms with E-state index in [1.807, 2.05) is 39.0 Å². The highest BCUT2D eigenvalue weighted by Gasteiger charge is 2.31. The first-order chi connectivity index (χ1) is 8.47. The molecule has 0 unspecified atom stereocenters. The van der Waals surface area contributed by atoms with Gasteiger partial charge < -0.3 is 9.47 Å². The normalized spacial score (nSPS) is 11.2. The Kier molecular flexibility index (Phi) is 4.76. The molecular weight excluding hydrogens is 228 g/mol. The Labute approximate surface area is 109 Å². The molecule has 1 aromatic carbocycles. The second-order valence-electron chi connectivity index (χ2n) is 4.73. The number of rotatable bonds is 5. The summed E-state index contributed by atoms with van der Waals surface area (Å²) in [6.45, 7) is 8.02. The van der Waals surface area contributed by atoms with Crippen LogP contribution in [0.4, 0.5) is 0 Å². The lowest BCUT2D eigenvalue weighted by atomic mass is 9.84. The van der Waals surface area contributed by atoms with Crippen molar-refractivity contribution in [1.82, 2.24) is 0 Å². The summed E-state index contributed by atoms with van der Waals surface area (Å²) < 4.78 is 10.5. The van der Waals surface area contributed by atoms with E-state index in [-0.39, 0.29) is 5.97 Å². The lowest BCUT2D eigenvalue weighted by Gasteiger charge is -2.23. The fourth-order valence-corrected chi connectivity index (χ4v) is 1.85. The number of carbonyl (C=O) groups excluding carboxylic acids is 1. The predicted molar refractivity (Wildman–Crippen MR) is 72.0 cm³/mol. The molecule has 1 aromatic rings. The summed E-state index contributed by atoms with van der Waals surface area (Å²) >= 11 is 0.